The maximum Gasteiger partial charge on any atom is 0.171 e. The van der Waals surface area contributed by atoms with Crippen molar-refractivity contribution < 1.29 is 14.3 Å². The molecular weight excluding hydrogens is 400 g/mol. The van der Waals surface area contributed by atoms with E-state index in [1.165, 1.54) is 37.2 Å². The highest BCUT2D eigenvalue weighted by atomic mass is 32.2. The Kier molecular flexibility index (Phi) is 9.03. The Morgan fingerprint density at radius 3 is 2.45 bits per heavy atom. The second-order valence-corrected chi connectivity index (χ2v) is 12.7. The molecule has 0 bridgehead atoms. The van der Waals surface area contributed by atoms with Gasteiger partial charge in [-0.05, 0) is 31.3 Å². The van der Waals surface area contributed by atoms with E-state index in [2.05, 4.69) is 50.4 Å². The smallest absolute Gasteiger partial charge is 0.171 e. The van der Waals surface area contributed by atoms with E-state index < -0.39 is 5.79 Å². The number of carbonyl (C=O) groups excluding carboxylic acids is 1. The summed E-state index contributed by atoms with van der Waals surface area (Å²) in [6.07, 6.45) is 13.9. The molecule has 166 valence electrons. The third kappa shape index (κ3) is 6.75. The molecule has 3 aliphatic rings. The minimum atomic E-state index is -0.433. The third-order valence-electron chi connectivity index (χ3n) is 6.52. The molecule has 1 saturated carbocycles. The molecule has 3 rings (SSSR count). The topological polar surface area (TPSA) is 35.5 Å². The number of carbonyl (C=O) groups is 1. The molecule has 3 nitrogen and oxygen atoms in total. The van der Waals surface area contributed by atoms with Crippen LogP contribution in [0.3, 0.4) is 0 Å². The van der Waals surface area contributed by atoms with E-state index in [0.717, 1.165) is 38.9 Å². The summed E-state index contributed by atoms with van der Waals surface area (Å²) in [5.74, 6) is 3.11. The first-order chi connectivity index (χ1) is 13.9. The molecule has 1 spiro atoms. The first-order valence-electron chi connectivity index (χ1n) is 11.7. The van der Waals surface area contributed by atoms with Crippen molar-refractivity contribution in [3.63, 3.8) is 0 Å². The van der Waals surface area contributed by atoms with Crippen LogP contribution in [0, 0.1) is 17.3 Å². The van der Waals surface area contributed by atoms with Crippen LogP contribution in [-0.4, -0.2) is 40.9 Å². The highest BCUT2D eigenvalue weighted by molar-refractivity contribution is 8.20. The molecular formula is C24H40O3S2. The van der Waals surface area contributed by atoms with Crippen LogP contribution in [0.4, 0.5) is 0 Å². The minimum absolute atomic E-state index is 0.0916. The lowest BCUT2D eigenvalue weighted by molar-refractivity contribution is -0.315. The molecule has 0 aromatic carbocycles. The maximum absolute atomic E-state index is 12.4. The Bertz CT molecular complexity index is 544. The summed E-state index contributed by atoms with van der Waals surface area (Å²) in [4.78, 5) is 12.4. The first-order valence-corrected chi connectivity index (χ1v) is 13.8. The lowest BCUT2D eigenvalue weighted by atomic mass is 9.87. The fourth-order valence-electron chi connectivity index (χ4n) is 4.71. The zero-order valence-electron chi connectivity index (χ0n) is 18.6. The predicted octanol–water partition coefficient (Wildman–Crippen LogP) is 6.46. The molecule has 2 heterocycles. The number of unbranched alkanes of at least 4 members (excludes halogenated alkanes) is 4. The maximum atomic E-state index is 12.4. The van der Waals surface area contributed by atoms with Gasteiger partial charge in [-0.1, -0.05) is 52.5 Å². The zero-order chi connectivity index (χ0) is 20.7. The highest BCUT2D eigenvalue weighted by Crippen LogP contribution is 2.52. The molecule has 0 radical (unpaired) electrons. The second-order valence-electron chi connectivity index (χ2n) is 9.76. The summed E-state index contributed by atoms with van der Waals surface area (Å²) in [6, 6.07) is 0. The van der Waals surface area contributed by atoms with Crippen LogP contribution in [0.25, 0.3) is 0 Å². The second kappa shape index (κ2) is 11.1. The molecule has 29 heavy (non-hydrogen) atoms. The molecule has 0 aromatic rings. The molecule has 2 saturated heterocycles. The Balaban J connectivity index is 1.58. The number of rotatable bonds is 10. The van der Waals surface area contributed by atoms with Crippen molar-refractivity contribution in [3.8, 4) is 0 Å². The van der Waals surface area contributed by atoms with Gasteiger partial charge in [-0.15, -0.1) is 23.5 Å². The lowest BCUT2D eigenvalue weighted by Crippen LogP contribution is -2.50. The summed E-state index contributed by atoms with van der Waals surface area (Å²) < 4.78 is 13.5. The number of ether oxygens (including phenoxy) is 2. The SMILES string of the molecule is CCCCCCCC(=O)/C=C/C1CCC2(OCC(C)(C)CO2)C1CC1SCCS1. The first kappa shape index (κ1) is 23.7. The number of hydrogen-bond donors (Lipinski definition) is 0. The normalized spacial score (nSPS) is 29.2. The molecule has 0 aromatic heterocycles. The predicted molar refractivity (Wildman–Crippen MR) is 125 cm³/mol. The van der Waals surface area contributed by atoms with Crippen molar-refractivity contribution in [3.05, 3.63) is 12.2 Å². The average Bonchev–Trinajstić information content (AvgIpc) is 3.32. The van der Waals surface area contributed by atoms with Crippen molar-refractivity contribution in [1.29, 1.82) is 0 Å². The van der Waals surface area contributed by atoms with Gasteiger partial charge in [-0.3, -0.25) is 4.79 Å². The Morgan fingerprint density at radius 2 is 1.76 bits per heavy atom. The van der Waals surface area contributed by atoms with Gasteiger partial charge in [0, 0.05) is 35.7 Å². The molecule has 5 heteroatoms. The van der Waals surface area contributed by atoms with E-state index >= 15 is 0 Å². The van der Waals surface area contributed by atoms with Crippen molar-refractivity contribution in [1.82, 2.24) is 0 Å². The fourth-order valence-corrected chi connectivity index (χ4v) is 7.65. The fraction of sp³-hybridized carbons (Fsp3) is 0.875. The Morgan fingerprint density at radius 1 is 1.07 bits per heavy atom. The van der Waals surface area contributed by atoms with Crippen LogP contribution >= 0.6 is 23.5 Å². The summed E-state index contributed by atoms with van der Waals surface area (Å²) >= 11 is 4.16. The summed E-state index contributed by atoms with van der Waals surface area (Å²) in [5, 5.41) is 0. The van der Waals surface area contributed by atoms with Crippen LogP contribution in [0.1, 0.15) is 78.6 Å². The molecule has 1 aliphatic carbocycles. The van der Waals surface area contributed by atoms with Gasteiger partial charge in [0.25, 0.3) is 0 Å². The summed E-state index contributed by atoms with van der Waals surface area (Å²) in [7, 11) is 0. The van der Waals surface area contributed by atoms with Crippen molar-refractivity contribution in [2.45, 2.75) is 88.9 Å². The van der Waals surface area contributed by atoms with E-state index in [9.17, 15) is 4.79 Å². The highest BCUT2D eigenvalue weighted by Gasteiger charge is 2.53. The minimum Gasteiger partial charge on any atom is -0.349 e. The van der Waals surface area contributed by atoms with E-state index in [1.807, 2.05) is 6.08 Å². The molecule has 3 fully saturated rings. The molecule has 0 amide bonds. The van der Waals surface area contributed by atoms with E-state index in [1.54, 1.807) is 0 Å². The van der Waals surface area contributed by atoms with Crippen LogP contribution < -0.4 is 0 Å². The van der Waals surface area contributed by atoms with Crippen LogP contribution in [0.5, 0.6) is 0 Å². The molecule has 2 unspecified atom stereocenters. The summed E-state index contributed by atoms with van der Waals surface area (Å²) in [6.45, 7) is 8.18. The Labute approximate surface area is 186 Å². The monoisotopic (exact) mass is 440 g/mol. The quantitative estimate of drug-likeness (QED) is 0.287. The van der Waals surface area contributed by atoms with Gasteiger partial charge in [-0.2, -0.15) is 0 Å². The van der Waals surface area contributed by atoms with Crippen molar-refractivity contribution >= 4 is 29.3 Å². The average molecular weight is 441 g/mol. The lowest BCUT2D eigenvalue weighted by Gasteiger charge is -2.45. The van der Waals surface area contributed by atoms with Crippen molar-refractivity contribution in [2.24, 2.45) is 17.3 Å². The van der Waals surface area contributed by atoms with Gasteiger partial charge in [0.15, 0.2) is 11.6 Å². The number of thioether (sulfide) groups is 2. The third-order valence-corrected chi connectivity index (χ3v) is 9.60. The van der Waals surface area contributed by atoms with Crippen LogP contribution in [-0.2, 0) is 14.3 Å². The Hall–Kier alpha value is 0.0300. The summed E-state index contributed by atoms with van der Waals surface area (Å²) in [5.41, 5.74) is 0.0916. The van der Waals surface area contributed by atoms with Gasteiger partial charge in [-0.25, -0.2) is 0 Å². The van der Waals surface area contributed by atoms with Gasteiger partial charge in [0.1, 0.15) is 0 Å². The van der Waals surface area contributed by atoms with E-state index in [0.29, 0.717) is 22.8 Å². The standard InChI is InChI=1S/C24H40O3S2/c1-4-5-6-7-8-9-20(25)11-10-19-12-13-24(26-17-23(2,3)18-27-24)21(19)16-22-28-14-15-29-22/h10-11,19,21-22H,4-9,12-18H2,1-3H3/b11-10+. The van der Waals surface area contributed by atoms with Crippen molar-refractivity contribution in [2.75, 3.05) is 24.7 Å². The zero-order valence-corrected chi connectivity index (χ0v) is 20.3. The van der Waals surface area contributed by atoms with Crippen LogP contribution in [0.2, 0.25) is 0 Å². The van der Waals surface area contributed by atoms with Gasteiger partial charge >= 0.3 is 0 Å². The van der Waals surface area contributed by atoms with Gasteiger partial charge in [0.2, 0.25) is 0 Å². The van der Waals surface area contributed by atoms with Gasteiger partial charge in [0.05, 0.1) is 17.8 Å². The molecule has 2 aliphatic heterocycles. The number of allylic oxidation sites excluding steroid dienone is 2. The molecule has 0 N–H and O–H groups in total. The number of hydrogen-bond acceptors (Lipinski definition) is 5. The van der Waals surface area contributed by atoms with Crippen LogP contribution in [0.15, 0.2) is 12.2 Å². The van der Waals surface area contributed by atoms with E-state index in [4.69, 9.17) is 9.47 Å². The molecule has 2 atom stereocenters. The number of ketones is 1. The van der Waals surface area contributed by atoms with E-state index in [-0.39, 0.29) is 11.2 Å². The van der Waals surface area contributed by atoms with Gasteiger partial charge < -0.3 is 9.47 Å². The largest absolute Gasteiger partial charge is 0.349 e.